The summed E-state index contributed by atoms with van der Waals surface area (Å²) in [5.41, 5.74) is 4.04. The second kappa shape index (κ2) is 19.0. The molecule has 0 fully saturated rings. The molecular formula is C38H32Br3ClFN5O7. The molecule has 286 valence electrons. The fourth-order valence-corrected chi connectivity index (χ4v) is 7.39. The fourth-order valence-electron chi connectivity index (χ4n) is 5.40. The summed E-state index contributed by atoms with van der Waals surface area (Å²) >= 11 is 16.4. The number of benzene rings is 4. The monoisotopic (exact) mass is 961 g/mol. The normalized spacial score (nSPS) is 12.8. The van der Waals surface area contributed by atoms with E-state index < -0.39 is 5.82 Å². The summed E-state index contributed by atoms with van der Waals surface area (Å²) in [5, 5.41) is 9.42. The highest BCUT2D eigenvalue weighted by Crippen LogP contribution is 2.39. The molecule has 0 saturated carbocycles. The fraction of sp³-hybridized carbons (Fsp3) is 0.211. The minimum atomic E-state index is -0.518. The van der Waals surface area contributed by atoms with Gasteiger partial charge in [-0.1, -0.05) is 27.5 Å². The van der Waals surface area contributed by atoms with E-state index in [2.05, 4.69) is 73.7 Å². The predicted octanol–water partition coefficient (Wildman–Crippen LogP) is 8.56. The van der Waals surface area contributed by atoms with Crippen molar-refractivity contribution in [2.24, 2.45) is 0 Å². The Morgan fingerprint density at radius 3 is 2.44 bits per heavy atom. The number of hydrogen-bond donors (Lipinski definition) is 3. The number of carbonyl (C=O) groups excluding carboxylic acids is 2. The van der Waals surface area contributed by atoms with Crippen LogP contribution in [-0.4, -0.2) is 75.1 Å². The van der Waals surface area contributed by atoms with E-state index in [0.29, 0.717) is 67.4 Å². The van der Waals surface area contributed by atoms with Crippen LogP contribution in [-0.2, 0) is 19.1 Å². The summed E-state index contributed by atoms with van der Waals surface area (Å²) in [6, 6.07) is 17.0. The Balaban J connectivity index is 0.883. The molecule has 5 aromatic rings. The molecule has 6 rings (SSSR count). The van der Waals surface area contributed by atoms with Gasteiger partial charge in [0.2, 0.25) is 0 Å². The van der Waals surface area contributed by atoms with E-state index in [9.17, 15) is 14.0 Å². The van der Waals surface area contributed by atoms with Crippen LogP contribution in [0, 0.1) is 5.82 Å². The van der Waals surface area contributed by atoms with Crippen molar-refractivity contribution in [3.05, 3.63) is 102 Å². The van der Waals surface area contributed by atoms with Gasteiger partial charge in [-0.15, -0.1) is 0 Å². The number of amides is 2. The van der Waals surface area contributed by atoms with Gasteiger partial charge in [0.05, 0.1) is 53.0 Å². The smallest absolute Gasteiger partial charge is 0.258 e. The van der Waals surface area contributed by atoms with E-state index in [-0.39, 0.29) is 49.8 Å². The molecule has 0 spiro atoms. The predicted molar refractivity (Wildman–Crippen MR) is 219 cm³/mol. The first-order valence-corrected chi connectivity index (χ1v) is 19.4. The molecule has 3 N–H and O–H groups in total. The van der Waals surface area contributed by atoms with Crippen LogP contribution in [0.5, 0.6) is 17.2 Å². The van der Waals surface area contributed by atoms with E-state index in [1.165, 1.54) is 25.6 Å². The van der Waals surface area contributed by atoms with Gasteiger partial charge in [-0.25, -0.2) is 14.4 Å². The third-order valence-corrected chi connectivity index (χ3v) is 9.93. The van der Waals surface area contributed by atoms with Crippen LogP contribution in [0.2, 0.25) is 5.02 Å². The number of nitrogens with one attached hydrogen (secondary N) is 3. The van der Waals surface area contributed by atoms with Crippen molar-refractivity contribution in [1.82, 2.24) is 15.3 Å². The summed E-state index contributed by atoms with van der Waals surface area (Å²) in [6.07, 6.45) is 3.20. The van der Waals surface area contributed by atoms with E-state index in [0.717, 1.165) is 21.3 Å². The lowest BCUT2D eigenvalue weighted by atomic mass is 10.0. The third kappa shape index (κ3) is 10.5. The summed E-state index contributed by atoms with van der Waals surface area (Å²) in [6.45, 7) is 1.52. The number of nitrogens with zero attached hydrogens (tertiary/aromatic N) is 2. The number of halogens is 5. The van der Waals surface area contributed by atoms with Crippen molar-refractivity contribution in [1.29, 1.82) is 0 Å². The van der Waals surface area contributed by atoms with Crippen LogP contribution in [0.3, 0.4) is 0 Å². The molecule has 2 amide bonds. The SMILES string of the molecule is COc1cc2ncnc(Nc3ccc(F)c(Cl)c3)c2cc1OCCOCCOCCNC(=O)COc1c(Br)cc(/C=C2\C(=O)Nc3ccc(Br)cc32)cc1Br. The number of ether oxygens (including phenoxy) is 5. The van der Waals surface area contributed by atoms with Crippen molar-refractivity contribution in [2.75, 3.05) is 63.9 Å². The van der Waals surface area contributed by atoms with Crippen LogP contribution >= 0.6 is 59.4 Å². The summed E-state index contributed by atoms with van der Waals surface area (Å²) in [4.78, 5) is 33.7. The second-order valence-electron chi connectivity index (χ2n) is 11.7. The minimum absolute atomic E-state index is 0.0112. The Morgan fingerprint density at radius 1 is 0.909 bits per heavy atom. The number of methoxy groups -OCH3 is 1. The van der Waals surface area contributed by atoms with Crippen molar-refractivity contribution >= 4 is 111 Å². The molecule has 0 bridgehead atoms. The molecule has 2 heterocycles. The highest BCUT2D eigenvalue weighted by atomic mass is 79.9. The lowest BCUT2D eigenvalue weighted by Crippen LogP contribution is -2.32. The molecule has 17 heteroatoms. The van der Waals surface area contributed by atoms with Gasteiger partial charge in [0, 0.05) is 45.0 Å². The highest BCUT2D eigenvalue weighted by molar-refractivity contribution is 9.11. The van der Waals surface area contributed by atoms with E-state index >= 15 is 0 Å². The number of aromatic nitrogens is 2. The number of fused-ring (bicyclic) bond motifs is 2. The summed E-state index contributed by atoms with van der Waals surface area (Å²) in [5.74, 6) is 0.874. The Labute approximate surface area is 345 Å². The maximum Gasteiger partial charge on any atom is 0.258 e. The quantitative estimate of drug-likeness (QED) is 0.0613. The molecule has 55 heavy (non-hydrogen) atoms. The van der Waals surface area contributed by atoms with Crippen LogP contribution in [0.15, 0.2) is 80.4 Å². The van der Waals surface area contributed by atoms with Gasteiger partial charge in [-0.3, -0.25) is 9.59 Å². The number of rotatable bonds is 17. The number of anilines is 3. The van der Waals surface area contributed by atoms with Gasteiger partial charge in [-0.05, 0) is 98.1 Å². The zero-order chi connectivity index (χ0) is 38.9. The third-order valence-electron chi connectivity index (χ3n) is 7.97. The molecule has 1 aliphatic heterocycles. The average Bonchev–Trinajstić information content (AvgIpc) is 3.46. The largest absolute Gasteiger partial charge is 0.493 e. The van der Waals surface area contributed by atoms with Crippen LogP contribution in [0.1, 0.15) is 11.1 Å². The van der Waals surface area contributed by atoms with Crippen LogP contribution < -0.4 is 30.2 Å². The van der Waals surface area contributed by atoms with Crippen LogP contribution in [0.4, 0.5) is 21.6 Å². The molecule has 0 unspecified atom stereocenters. The first-order valence-electron chi connectivity index (χ1n) is 16.6. The van der Waals surface area contributed by atoms with Gasteiger partial charge in [-0.2, -0.15) is 0 Å². The molecule has 1 aliphatic rings. The molecule has 0 aliphatic carbocycles. The van der Waals surface area contributed by atoms with Gasteiger partial charge in [0.25, 0.3) is 11.8 Å². The molecule has 4 aromatic carbocycles. The van der Waals surface area contributed by atoms with Crippen molar-refractivity contribution in [2.45, 2.75) is 0 Å². The number of carbonyl (C=O) groups is 2. The van der Waals surface area contributed by atoms with E-state index in [4.69, 9.17) is 35.3 Å². The van der Waals surface area contributed by atoms with Crippen molar-refractivity contribution in [3.8, 4) is 17.2 Å². The van der Waals surface area contributed by atoms with Gasteiger partial charge >= 0.3 is 0 Å². The minimum Gasteiger partial charge on any atom is -0.493 e. The Kier molecular flexibility index (Phi) is 14.0. The first-order chi connectivity index (χ1) is 26.6. The van der Waals surface area contributed by atoms with Crippen LogP contribution in [0.25, 0.3) is 22.6 Å². The Morgan fingerprint density at radius 2 is 1.67 bits per heavy atom. The zero-order valence-corrected chi connectivity index (χ0v) is 34.5. The van der Waals surface area contributed by atoms with Gasteiger partial charge < -0.3 is 39.6 Å². The Bertz CT molecular complexity index is 2240. The lowest BCUT2D eigenvalue weighted by molar-refractivity contribution is -0.123. The Hall–Kier alpha value is -4.32. The number of hydrogen-bond acceptors (Lipinski definition) is 10. The first kappa shape index (κ1) is 40.3. The van der Waals surface area contributed by atoms with E-state index in [1.54, 1.807) is 24.3 Å². The van der Waals surface area contributed by atoms with Gasteiger partial charge in [0.1, 0.15) is 30.3 Å². The zero-order valence-electron chi connectivity index (χ0n) is 29.0. The standard InChI is InChI=1S/C38H32Br3ClFN5O7/c1-51-33-18-32-26(37(46-20-45-32)47-23-3-4-30(43)29(42)16-23)17-34(33)54-11-10-53-9-8-52-7-6-44-35(49)19-55-36-27(40)13-21(14-28(36)41)12-25-24-15-22(39)2-5-31(24)48-38(25)50/h2-5,12-18,20H,6-11,19H2,1H3,(H,44,49)(H,48,50)(H,45,46,47)/b25-12-. The van der Waals surface area contributed by atoms with Crippen molar-refractivity contribution in [3.63, 3.8) is 0 Å². The maximum absolute atomic E-state index is 13.6. The molecule has 12 nitrogen and oxygen atoms in total. The van der Waals surface area contributed by atoms with E-state index in [1.807, 2.05) is 30.3 Å². The average molecular weight is 965 g/mol. The molecule has 0 atom stereocenters. The molecule has 0 saturated heterocycles. The highest BCUT2D eigenvalue weighted by Gasteiger charge is 2.24. The molecular weight excluding hydrogens is 933 g/mol. The summed E-state index contributed by atoms with van der Waals surface area (Å²) < 4.78 is 44.1. The topological polar surface area (TPSA) is 142 Å². The molecule has 0 radical (unpaired) electrons. The molecule has 1 aromatic heterocycles. The summed E-state index contributed by atoms with van der Waals surface area (Å²) in [7, 11) is 1.53. The maximum atomic E-state index is 13.6. The van der Waals surface area contributed by atoms with Crippen molar-refractivity contribution < 1.29 is 37.7 Å². The second-order valence-corrected chi connectivity index (χ2v) is 14.8. The lowest BCUT2D eigenvalue weighted by Gasteiger charge is -2.14. The van der Waals surface area contributed by atoms with Gasteiger partial charge in [0.15, 0.2) is 18.1 Å².